The maximum atomic E-state index is 12.9. The van der Waals surface area contributed by atoms with Crippen LogP contribution in [0.2, 0.25) is 0 Å². The lowest BCUT2D eigenvalue weighted by atomic mass is 10.0. The van der Waals surface area contributed by atoms with E-state index in [-0.39, 0.29) is 22.9 Å². The molecule has 1 heterocycles. The number of halogens is 3. The summed E-state index contributed by atoms with van der Waals surface area (Å²) in [6, 6.07) is 4.71. The van der Waals surface area contributed by atoms with Crippen LogP contribution in [0.15, 0.2) is 28.8 Å². The van der Waals surface area contributed by atoms with Crippen LogP contribution in [0.5, 0.6) is 5.75 Å². The average Bonchev–Trinajstić information content (AvgIpc) is 2.69. The number of alkyl halides is 3. The number of nitrogens with two attached hydrogens (primary N) is 1. The van der Waals surface area contributed by atoms with E-state index < -0.39 is 17.7 Å². The molecule has 1 aromatic carbocycles. The largest absolute Gasteiger partial charge is 0.418 e. The summed E-state index contributed by atoms with van der Waals surface area (Å²) in [4.78, 5) is 11.0. The summed E-state index contributed by atoms with van der Waals surface area (Å²) in [6.07, 6.45) is -4.59. The fraction of sp³-hybridized carbons (Fsp3) is 0.167. The molecule has 0 atom stereocenters. The maximum Gasteiger partial charge on any atom is 0.417 e. The zero-order valence-corrected chi connectivity index (χ0v) is 10.2. The van der Waals surface area contributed by atoms with Gasteiger partial charge in [-0.1, -0.05) is 23.4 Å². The number of hydrogen-bond donors (Lipinski definition) is 1. The SMILES string of the molecule is CC(=O)Oc1c(-c2ccccc2C(F)(F)F)noc1N. The minimum absolute atomic E-state index is 0.273. The number of aromatic nitrogens is 1. The number of esters is 1. The fourth-order valence-corrected chi connectivity index (χ4v) is 1.65. The number of carbonyl (C=O) groups excluding carboxylic acids is 1. The Morgan fingerprint density at radius 3 is 2.60 bits per heavy atom. The van der Waals surface area contributed by atoms with Gasteiger partial charge in [0, 0.05) is 12.5 Å². The molecular formula is C12H9F3N2O3. The van der Waals surface area contributed by atoms with Crippen LogP contribution < -0.4 is 10.5 Å². The van der Waals surface area contributed by atoms with Crippen molar-refractivity contribution in [1.82, 2.24) is 5.16 Å². The monoisotopic (exact) mass is 286 g/mol. The molecule has 2 aromatic rings. The Balaban J connectivity index is 2.61. The summed E-state index contributed by atoms with van der Waals surface area (Å²) in [5.74, 6) is -1.44. The van der Waals surface area contributed by atoms with Crippen molar-refractivity contribution in [1.29, 1.82) is 0 Å². The highest BCUT2D eigenvalue weighted by atomic mass is 19.4. The first-order valence-electron chi connectivity index (χ1n) is 5.41. The lowest BCUT2D eigenvalue weighted by Crippen LogP contribution is -2.08. The van der Waals surface area contributed by atoms with E-state index in [2.05, 4.69) is 9.68 Å². The molecule has 0 amide bonds. The predicted octanol–water partition coefficient (Wildman–Crippen LogP) is 2.87. The van der Waals surface area contributed by atoms with Crippen LogP contribution in [0.4, 0.5) is 19.1 Å². The molecule has 0 aliphatic carbocycles. The number of nitrogens with zero attached hydrogens (tertiary/aromatic N) is 1. The Bertz CT molecular complexity index is 650. The van der Waals surface area contributed by atoms with Crippen LogP contribution in [0.1, 0.15) is 12.5 Å². The van der Waals surface area contributed by atoms with Crippen LogP contribution in [-0.4, -0.2) is 11.1 Å². The van der Waals surface area contributed by atoms with Gasteiger partial charge in [0.05, 0.1) is 5.56 Å². The molecule has 0 spiro atoms. The zero-order chi connectivity index (χ0) is 14.9. The summed E-state index contributed by atoms with van der Waals surface area (Å²) < 4.78 is 48.2. The van der Waals surface area contributed by atoms with Crippen molar-refractivity contribution in [2.45, 2.75) is 13.1 Å². The van der Waals surface area contributed by atoms with E-state index in [1.807, 2.05) is 0 Å². The van der Waals surface area contributed by atoms with Crippen molar-refractivity contribution in [3.63, 3.8) is 0 Å². The first kappa shape index (κ1) is 13.9. The molecule has 1 aromatic heterocycles. The Hall–Kier alpha value is -2.51. The van der Waals surface area contributed by atoms with Gasteiger partial charge in [-0.25, -0.2) is 0 Å². The average molecular weight is 286 g/mol. The van der Waals surface area contributed by atoms with Crippen LogP contribution in [0.25, 0.3) is 11.3 Å². The van der Waals surface area contributed by atoms with Crippen LogP contribution in [0.3, 0.4) is 0 Å². The predicted molar refractivity (Wildman–Crippen MR) is 62.7 cm³/mol. The second kappa shape index (κ2) is 4.87. The molecule has 0 fully saturated rings. The summed E-state index contributed by atoms with van der Waals surface area (Å²) in [6.45, 7) is 1.09. The smallest absolute Gasteiger partial charge is 0.417 e. The van der Waals surface area contributed by atoms with Crippen molar-refractivity contribution in [3.8, 4) is 17.0 Å². The molecular weight excluding hydrogens is 277 g/mol. The Labute approximate surface area is 111 Å². The molecule has 106 valence electrons. The number of anilines is 1. The van der Waals surface area contributed by atoms with E-state index in [0.29, 0.717) is 0 Å². The van der Waals surface area contributed by atoms with Crippen LogP contribution in [0, 0.1) is 0 Å². The molecule has 0 saturated heterocycles. The minimum Gasteiger partial charge on any atom is -0.418 e. The maximum absolute atomic E-state index is 12.9. The van der Waals surface area contributed by atoms with Gasteiger partial charge in [0.25, 0.3) is 5.88 Å². The first-order chi connectivity index (χ1) is 9.30. The standard InChI is InChI=1S/C12H9F3N2O3/c1-6(18)19-10-9(17-20-11(10)16)7-4-2-3-5-8(7)12(13,14)15/h2-5H,16H2,1H3. The Kier molecular flexibility index (Phi) is 3.39. The van der Waals surface area contributed by atoms with E-state index in [0.717, 1.165) is 13.0 Å². The zero-order valence-electron chi connectivity index (χ0n) is 10.2. The number of carbonyl (C=O) groups is 1. The second-order valence-corrected chi connectivity index (χ2v) is 3.86. The van der Waals surface area contributed by atoms with E-state index in [4.69, 9.17) is 10.5 Å². The molecule has 0 bridgehead atoms. The Morgan fingerprint density at radius 1 is 1.35 bits per heavy atom. The van der Waals surface area contributed by atoms with Gasteiger partial charge in [0.2, 0.25) is 5.75 Å². The van der Waals surface area contributed by atoms with Crippen molar-refractivity contribution < 1.29 is 27.2 Å². The van der Waals surface area contributed by atoms with Gasteiger partial charge in [-0.15, -0.1) is 0 Å². The summed E-state index contributed by atoms with van der Waals surface area (Å²) in [5, 5.41) is 3.44. The van der Waals surface area contributed by atoms with E-state index in [1.165, 1.54) is 18.2 Å². The molecule has 20 heavy (non-hydrogen) atoms. The number of nitrogen functional groups attached to an aromatic ring is 1. The van der Waals surface area contributed by atoms with Gasteiger partial charge >= 0.3 is 12.1 Å². The lowest BCUT2D eigenvalue weighted by molar-refractivity contribution is -0.137. The van der Waals surface area contributed by atoms with E-state index in [9.17, 15) is 18.0 Å². The quantitative estimate of drug-likeness (QED) is 0.859. The summed E-state index contributed by atoms with van der Waals surface area (Å²) in [5.41, 5.74) is 3.92. The summed E-state index contributed by atoms with van der Waals surface area (Å²) >= 11 is 0. The third-order valence-electron chi connectivity index (χ3n) is 2.41. The van der Waals surface area contributed by atoms with Crippen LogP contribution >= 0.6 is 0 Å². The normalized spacial score (nSPS) is 11.4. The van der Waals surface area contributed by atoms with Gasteiger partial charge in [-0.2, -0.15) is 13.2 Å². The van der Waals surface area contributed by atoms with Crippen molar-refractivity contribution in [2.24, 2.45) is 0 Å². The third kappa shape index (κ3) is 2.58. The van der Waals surface area contributed by atoms with Crippen molar-refractivity contribution in [3.05, 3.63) is 29.8 Å². The van der Waals surface area contributed by atoms with Gasteiger partial charge in [0.1, 0.15) is 0 Å². The molecule has 5 nitrogen and oxygen atoms in total. The van der Waals surface area contributed by atoms with Crippen molar-refractivity contribution >= 4 is 11.9 Å². The third-order valence-corrected chi connectivity index (χ3v) is 2.41. The van der Waals surface area contributed by atoms with Gasteiger partial charge < -0.3 is 15.0 Å². The molecule has 0 aliphatic rings. The molecule has 0 aliphatic heterocycles. The number of ether oxygens (including phenoxy) is 1. The van der Waals surface area contributed by atoms with Gasteiger partial charge in [-0.3, -0.25) is 4.79 Å². The minimum atomic E-state index is -4.59. The topological polar surface area (TPSA) is 78.3 Å². The van der Waals surface area contributed by atoms with E-state index in [1.54, 1.807) is 0 Å². The highest BCUT2D eigenvalue weighted by molar-refractivity contribution is 5.79. The fourth-order valence-electron chi connectivity index (χ4n) is 1.65. The van der Waals surface area contributed by atoms with Crippen LogP contribution in [-0.2, 0) is 11.0 Å². The molecule has 0 saturated carbocycles. The molecule has 0 radical (unpaired) electrons. The van der Waals surface area contributed by atoms with Crippen molar-refractivity contribution in [2.75, 3.05) is 5.73 Å². The number of benzene rings is 1. The van der Waals surface area contributed by atoms with Gasteiger partial charge in [-0.05, 0) is 6.07 Å². The molecule has 8 heteroatoms. The second-order valence-electron chi connectivity index (χ2n) is 3.86. The van der Waals surface area contributed by atoms with Gasteiger partial charge in [0.15, 0.2) is 5.69 Å². The summed E-state index contributed by atoms with van der Waals surface area (Å²) in [7, 11) is 0. The number of rotatable bonds is 2. The number of hydrogen-bond acceptors (Lipinski definition) is 5. The first-order valence-corrected chi connectivity index (χ1v) is 5.41. The Morgan fingerprint density at radius 2 is 2.00 bits per heavy atom. The lowest BCUT2D eigenvalue weighted by Gasteiger charge is -2.11. The highest BCUT2D eigenvalue weighted by Crippen LogP contribution is 2.41. The molecule has 0 unspecified atom stereocenters. The molecule has 2 N–H and O–H groups in total. The van der Waals surface area contributed by atoms with E-state index >= 15 is 0 Å². The molecule has 2 rings (SSSR count). The highest BCUT2D eigenvalue weighted by Gasteiger charge is 2.35.